The molecule has 9 heteroatoms. The second-order valence-corrected chi connectivity index (χ2v) is 9.47. The lowest BCUT2D eigenvalue weighted by Gasteiger charge is -2.15. The maximum Gasteiger partial charge on any atom is 0.268 e. The summed E-state index contributed by atoms with van der Waals surface area (Å²) in [5, 5.41) is 5.53. The Balaban J connectivity index is 1.85. The molecule has 0 bridgehead atoms. The fraction of sp³-hybridized carbons (Fsp3) is 0.238. The van der Waals surface area contributed by atoms with Crippen molar-refractivity contribution in [1.29, 1.82) is 0 Å². The molecule has 0 radical (unpaired) electrons. The second kappa shape index (κ2) is 9.32. The number of carbonyl (C=O) groups is 2. The summed E-state index contributed by atoms with van der Waals surface area (Å²) < 4.78 is 28.5. The van der Waals surface area contributed by atoms with Crippen LogP contribution in [0, 0.1) is 0 Å². The lowest BCUT2D eigenvalue weighted by Crippen LogP contribution is -2.41. The quantitative estimate of drug-likeness (QED) is 0.661. The van der Waals surface area contributed by atoms with Crippen molar-refractivity contribution in [2.45, 2.75) is 12.5 Å². The highest BCUT2D eigenvalue weighted by atomic mass is 35.5. The number of amides is 2. The Kier molecular flexibility index (Phi) is 6.79. The topological polar surface area (TPSA) is 102 Å². The van der Waals surface area contributed by atoms with E-state index in [1.807, 2.05) is 0 Å². The van der Waals surface area contributed by atoms with E-state index in [1.54, 1.807) is 55.6 Å². The SMILES string of the molecule is COc1ccc(/C=C(\NC(=O)c2ccccc2Cl)C(=O)NC2CCS(=O)(=O)C2)cc1. The van der Waals surface area contributed by atoms with Gasteiger partial charge in [0.25, 0.3) is 11.8 Å². The van der Waals surface area contributed by atoms with E-state index in [4.69, 9.17) is 16.3 Å². The van der Waals surface area contributed by atoms with Crippen molar-refractivity contribution in [2.75, 3.05) is 18.6 Å². The average molecular weight is 449 g/mol. The van der Waals surface area contributed by atoms with E-state index >= 15 is 0 Å². The molecule has 1 unspecified atom stereocenters. The zero-order chi connectivity index (χ0) is 21.7. The lowest BCUT2D eigenvalue weighted by atomic mass is 10.1. The fourth-order valence-corrected chi connectivity index (χ4v) is 4.93. The second-order valence-electron chi connectivity index (χ2n) is 6.84. The number of sulfone groups is 1. The summed E-state index contributed by atoms with van der Waals surface area (Å²) in [6.07, 6.45) is 1.84. The van der Waals surface area contributed by atoms with Crippen LogP contribution in [0.4, 0.5) is 0 Å². The highest BCUT2D eigenvalue weighted by Crippen LogP contribution is 2.18. The molecule has 2 amide bonds. The smallest absolute Gasteiger partial charge is 0.268 e. The number of methoxy groups -OCH3 is 1. The molecular formula is C21H21ClN2O5S. The number of carbonyl (C=O) groups excluding carboxylic acids is 2. The minimum Gasteiger partial charge on any atom is -0.497 e. The van der Waals surface area contributed by atoms with Crippen LogP contribution in [-0.4, -0.2) is 44.9 Å². The Hall–Kier alpha value is -2.84. The van der Waals surface area contributed by atoms with Crippen LogP contribution in [0.15, 0.2) is 54.2 Å². The van der Waals surface area contributed by atoms with Crippen molar-refractivity contribution in [2.24, 2.45) is 0 Å². The van der Waals surface area contributed by atoms with E-state index in [0.29, 0.717) is 17.7 Å². The minimum absolute atomic E-state index is 0.0191. The maximum atomic E-state index is 12.8. The molecule has 2 aromatic carbocycles. The molecule has 1 aliphatic rings. The van der Waals surface area contributed by atoms with Crippen LogP contribution in [-0.2, 0) is 14.6 Å². The molecule has 1 heterocycles. The van der Waals surface area contributed by atoms with E-state index in [1.165, 1.54) is 6.08 Å². The largest absolute Gasteiger partial charge is 0.497 e. The van der Waals surface area contributed by atoms with Gasteiger partial charge in [-0.3, -0.25) is 9.59 Å². The number of hydrogen-bond acceptors (Lipinski definition) is 5. The number of nitrogens with one attached hydrogen (secondary N) is 2. The molecule has 158 valence electrons. The molecule has 0 spiro atoms. The van der Waals surface area contributed by atoms with Gasteiger partial charge in [0.2, 0.25) is 0 Å². The van der Waals surface area contributed by atoms with Crippen molar-refractivity contribution < 1.29 is 22.7 Å². The van der Waals surface area contributed by atoms with Gasteiger partial charge < -0.3 is 15.4 Å². The number of benzene rings is 2. The average Bonchev–Trinajstić information content (AvgIpc) is 3.06. The summed E-state index contributed by atoms with van der Waals surface area (Å²) >= 11 is 6.08. The zero-order valence-electron chi connectivity index (χ0n) is 16.2. The van der Waals surface area contributed by atoms with Gasteiger partial charge in [0, 0.05) is 6.04 Å². The van der Waals surface area contributed by atoms with Gasteiger partial charge in [-0.1, -0.05) is 35.9 Å². The van der Waals surface area contributed by atoms with Gasteiger partial charge >= 0.3 is 0 Å². The molecule has 2 aromatic rings. The first kappa shape index (κ1) is 21.9. The number of rotatable bonds is 6. The van der Waals surface area contributed by atoms with E-state index in [9.17, 15) is 18.0 Å². The van der Waals surface area contributed by atoms with Crippen LogP contribution in [0.1, 0.15) is 22.3 Å². The van der Waals surface area contributed by atoms with Gasteiger partial charge in [0.15, 0.2) is 9.84 Å². The summed E-state index contributed by atoms with van der Waals surface area (Å²) in [5.74, 6) is -0.564. The Morgan fingerprint density at radius 3 is 2.43 bits per heavy atom. The molecule has 1 atom stereocenters. The molecular weight excluding hydrogens is 428 g/mol. The molecule has 0 aromatic heterocycles. The molecule has 2 N–H and O–H groups in total. The molecule has 7 nitrogen and oxygen atoms in total. The number of ether oxygens (including phenoxy) is 1. The normalized spacial score (nSPS) is 17.9. The lowest BCUT2D eigenvalue weighted by molar-refractivity contribution is -0.118. The van der Waals surface area contributed by atoms with Crippen molar-refractivity contribution in [1.82, 2.24) is 10.6 Å². The molecule has 1 saturated heterocycles. The maximum absolute atomic E-state index is 12.8. The van der Waals surface area contributed by atoms with E-state index < -0.39 is 27.7 Å². The fourth-order valence-electron chi connectivity index (χ4n) is 3.03. The first-order valence-electron chi connectivity index (χ1n) is 9.20. The Bertz CT molecular complexity index is 1080. The predicted molar refractivity (Wildman–Crippen MR) is 115 cm³/mol. The van der Waals surface area contributed by atoms with Gasteiger partial charge in [-0.15, -0.1) is 0 Å². The summed E-state index contributed by atoms with van der Waals surface area (Å²) in [7, 11) is -1.61. The van der Waals surface area contributed by atoms with E-state index in [0.717, 1.165) is 0 Å². The number of hydrogen-bond donors (Lipinski definition) is 2. The summed E-state index contributed by atoms with van der Waals surface area (Å²) in [5.41, 5.74) is 0.852. The van der Waals surface area contributed by atoms with Gasteiger partial charge in [-0.25, -0.2) is 8.42 Å². The van der Waals surface area contributed by atoms with Crippen LogP contribution in [0.5, 0.6) is 5.75 Å². The summed E-state index contributed by atoms with van der Waals surface area (Å²) in [4.78, 5) is 25.5. The van der Waals surface area contributed by atoms with Crippen LogP contribution in [0.3, 0.4) is 0 Å². The van der Waals surface area contributed by atoms with Crippen molar-refractivity contribution in [3.05, 3.63) is 70.4 Å². The first-order valence-corrected chi connectivity index (χ1v) is 11.4. The van der Waals surface area contributed by atoms with Gasteiger partial charge in [0.1, 0.15) is 11.4 Å². The third-order valence-electron chi connectivity index (χ3n) is 4.61. The van der Waals surface area contributed by atoms with Gasteiger partial charge in [-0.05, 0) is 42.3 Å². The zero-order valence-corrected chi connectivity index (χ0v) is 17.8. The Morgan fingerprint density at radius 2 is 1.83 bits per heavy atom. The molecule has 0 saturated carbocycles. The van der Waals surface area contributed by atoms with Crippen molar-refractivity contribution >= 4 is 39.3 Å². The van der Waals surface area contributed by atoms with Crippen LogP contribution < -0.4 is 15.4 Å². The van der Waals surface area contributed by atoms with Crippen LogP contribution >= 0.6 is 11.6 Å². The third-order valence-corrected chi connectivity index (χ3v) is 6.70. The van der Waals surface area contributed by atoms with Crippen LogP contribution in [0.25, 0.3) is 6.08 Å². The minimum atomic E-state index is -3.16. The standard InChI is InChI=1S/C21H21ClN2O5S/c1-29-16-8-6-14(7-9-16)12-19(21(26)23-15-10-11-30(27,28)13-15)24-20(25)17-4-2-3-5-18(17)22/h2-9,12,15H,10-11,13H2,1H3,(H,23,26)(H,24,25)/b19-12-. The molecule has 1 aliphatic heterocycles. The molecule has 30 heavy (non-hydrogen) atoms. The van der Waals surface area contributed by atoms with Crippen molar-refractivity contribution in [3.63, 3.8) is 0 Å². The van der Waals surface area contributed by atoms with E-state index in [-0.39, 0.29) is 27.8 Å². The molecule has 0 aliphatic carbocycles. The molecule has 1 fully saturated rings. The predicted octanol–water partition coefficient (Wildman–Crippen LogP) is 2.42. The van der Waals surface area contributed by atoms with Gasteiger partial charge in [-0.2, -0.15) is 0 Å². The third kappa shape index (κ3) is 5.61. The Labute approximate surface area is 180 Å². The van der Waals surface area contributed by atoms with Gasteiger partial charge in [0.05, 0.1) is 29.2 Å². The monoisotopic (exact) mass is 448 g/mol. The highest BCUT2D eigenvalue weighted by Gasteiger charge is 2.30. The van der Waals surface area contributed by atoms with Crippen LogP contribution in [0.2, 0.25) is 5.02 Å². The summed E-state index contributed by atoms with van der Waals surface area (Å²) in [6.45, 7) is 0. The number of halogens is 1. The van der Waals surface area contributed by atoms with E-state index in [2.05, 4.69) is 10.6 Å². The highest BCUT2D eigenvalue weighted by molar-refractivity contribution is 7.91. The first-order chi connectivity index (χ1) is 14.3. The van der Waals surface area contributed by atoms with Crippen molar-refractivity contribution in [3.8, 4) is 5.75 Å². The Morgan fingerprint density at radius 1 is 1.13 bits per heavy atom. The molecule has 3 rings (SSSR count). The summed E-state index contributed by atoms with van der Waals surface area (Å²) in [6, 6.07) is 12.9.